The first kappa shape index (κ1) is 30.6. The SMILES string of the molecule is c1ccc2c(c1)Oc1ccccc1C21c2ccccc2-c2cc(N(c3ccc(C45C[C@@H]6CC7C[C@@H](C4)C5C76)cc3)c3ccc4sc5ccccc5c4c3)ccc21. The zero-order valence-electron chi connectivity index (χ0n) is 31.0. The van der Waals surface area contributed by atoms with Crippen LogP contribution in [0.25, 0.3) is 31.3 Å². The first-order valence-electron chi connectivity index (χ1n) is 20.6. The molecule has 6 aliphatic rings. The zero-order valence-corrected chi connectivity index (χ0v) is 31.8. The minimum absolute atomic E-state index is 0.422. The van der Waals surface area contributed by atoms with Gasteiger partial charge in [-0.1, -0.05) is 97.1 Å². The molecular weight excluding hydrogens is 699 g/mol. The van der Waals surface area contributed by atoms with Crippen LogP contribution < -0.4 is 9.64 Å². The molecule has 56 heavy (non-hydrogen) atoms. The van der Waals surface area contributed by atoms with Crippen LogP contribution in [0.2, 0.25) is 0 Å². The summed E-state index contributed by atoms with van der Waals surface area (Å²) < 4.78 is 9.28. The van der Waals surface area contributed by atoms with Gasteiger partial charge >= 0.3 is 0 Å². The van der Waals surface area contributed by atoms with E-state index in [2.05, 4.69) is 163 Å². The molecule has 5 aliphatic carbocycles. The number of benzene rings is 7. The third-order valence-corrected chi connectivity index (χ3v) is 16.7. The van der Waals surface area contributed by atoms with Gasteiger partial charge in [0.05, 0.1) is 5.41 Å². The van der Waals surface area contributed by atoms with E-state index in [0.29, 0.717) is 5.41 Å². The molecule has 2 nitrogen and oxygen atoms in total. The van der Waals surface area contributed by atoms with Gasteiger partial charge in [0.15, 0.2) is 0 Å². The van der Waals surface area contributed by atoms with E-state index in [1.54, 1.807) is 5.56 Å². The predicted octanol–water partition coefficient (Wildman–Crippen LogP) is 13.9. The number of ether oxygens (including phenoxy) is 1. The van der Waals surface area contributed by atoms with Crippen molar-refractivity contribution < 1.29 is 4.74 Å². The van der Waals surface area contributed by atoms with Gasteiger partial charge in [0.1, 0.15) is 11.5 Å². The lowest BCUT2D eigenvalue weighted by molar-refractivity contribution is 0.0684. The number of nitrogens with zero attached hydrogens (tertiary/aromatic N) is 1. The monoisotopic (exact) mass is 737 g/mol. The van der Waals surface area contributed by atoms with Crippen LogP contribution >= 0.6 is 11.3 Å². The van der Waals surface area contributed by atoms with Gasteiger partial charge in [-0.3, -0.25) is 0 Å². The molecule has 2 heterocycles. The van der Waals surface area contributed by atoms with Gasteiger partial charge < -0.3 is 9.64 Å². The molecule has 0 amide bonds. The average Bonchev–Trinajstić information content (AvgIpc) is 3.87. The van der Waals surface area contributed by atoms with Crippen LogP contribution in [0.15, 0.2) is 158 Å². The Labute approximate surface area is 331 Å². The Morgan fingerprint density at radius 2 is 1.12 bits per heavy atom. The standard InChI is InChI=1S/C53H39NOS/c1-3-11-42-38(9-1)40-27-36(21-23-43(40)53(42)44-12-4-6-14-46(44)55-47-15-7-5-13-45(47)53)54(37-22-24-49-41(28-37)39-10-2-8-16-48(39)56-49)35-19-17-34(18-20-35)52-29-32-25-31-26-33(30-52)51(52)50(31)32/h1-24,27-28,31-33,50-51H,25-26,29-30H2/t31?,32-,33-,50?,51?,52?/m0/s1. The summed E-state index contributed by atoms with van der Waals surface area (Å²) in [5.41, 5.74) is 12.7. The summed E-state index contributed by atoms with van der Waals surface area (Å²) in [5, 5.41) is 2.65. The Balaban J connectivity index is 0.969. The Morgan fingerprint density at radius 1 is 0.500 bits per heavy atom. The molecule has 6 atom stereocenters. The van der Waals surface area contributed by atoms with Gasteiger partial charge in [0.2, 0.25) is 0 Å². The number of hydrogen-bond donors (Lipinski definition) is 0. The van der Waals surface area contributed by atoms with Crippen molar-refractivity contribution in [3.63, 3.8) is 0 Å². The number of fused-ring (bicyclic) bond motifs is 12. The molecule has 268 valence electrons. The van der Waals surface area contributed by atoms with Crippen LogP contribution in [-0.2, 0) is 10.8 Å². The van der Waals surface area contributed by atoms with Crippen LogP contribution in [-0.4, -0.2) is 0 Å². The van der Waals surface area contributed by atoms with Gasteiger partial charge in [-0.25, -0.2) is 0 Å². The lowest BCUT2D eigenvalue weighted by atomic mass is 9.53. The second-order valence-electron chi connectivity index (χ2n) is 17.7. The predicted molar refractivity (Wildman–Crippen MR) is 229 cm³/mol. The molecule has 4 fully saturated rings. The Hall–Kier alpha value is -5.64. The van der Waals surface area contributed by atoms with Crippen molar-refractivity contribution in [3.05, 3.63) is 186 Å². The summed E-state index contributed by atoms with van der Waals surface area (Å²) >= 11 is 1.89. The van der Waals surface area contributed by atoms with Gasteiger partial charge in [0.25, 0.3) is 0 Å². The number of para-hydroxylation sites is 2. The third kappa shape index (κ3) is 3.65. The quantitative estimate of drug-likeness (QED) is 0.178. The fourth-order valence-corrected chi connectivity index (χ4v) is 14.7. The largest absolute Gasteiger partial charge is 0.457 e. The van der Waals surface area contributed by atoms with Crippen LogP contribution in [0, 0.1) is 29.6 Å². The highest BCUT2D eigenvalue weighted by Gasteiger charge is 2.72. The van der Waals surface area contributed by atoms with Gasteiger partial charge in [-0.15, -0.1) is 11.3 Å². The topological polar surface area (TPSA) is 12.5 Å². The Morgan fingerprint density at radius 3 is 1.96 bits per heavy atom. The molecule has 7 aromatic carbocycles. The van der Waals surface area contributed by atoms with Gasteiger partial charge in [-0.2, -0.15) is 0 Å². The molecule has 14 rings (SSSR count). The highest BCUT2D eigenvalue weighted by atomic mass is 32.1. The molecule has 1 aliphatic heterocycles. The molecule has 4 unspecified atom stereocenters. The minimum Gasteiger partial charge on any atom is -0.457 e. The lowest BCUT2D eigenvalue weighted by Crippen LogP contribution is -2.47. The van der Waals surface area contributed by atoms with Crippen molar-refractivity contribution >= 4 is 48.6 Å². The molecule has 0 bridgehead atoms. The highest BCUT2D eigenvalue weighted by molar-refractivity contribution is 7.25. The number of rotatable bonds is 4. The molecule has 1 spiro atoms. The maximum atomic E-state index is 6.61. The molecule has 1 aromatic heterocycles. The van der Waals surface area contributed by atoms with E-state index < -0.39 is 5.41 Å². The van der Waals surface area contributed by atoms with E-state index in [0.717, 1.165) is 41.1 Å². The van der Waals surface area contributed by atoms with Crippen molar-refractivity contribution in [1.29, 1.82) is 0 Å². The second-order valence-corrected chi connectivity index (χ2v) is 18.8. The van der Waals surface area contributed by atoms with Crippen molar-refractivity contribution in [2.75, 3.05) is 4.90 Å². The van der Waals surface area contributed by atoms with Crippen LogP contribution in [0.4, 0.5) is 17.1 Å². The van der Waals surface area contributed by atoms with Crippen molar-refractivity contribution in [1.82, 2.24) is 0 Å². The molecule has 0 radical (unpaired) electrons. The second kappa shape index (κ2) is 10.6. The lowest BCUT2D eigenvalue weighted by Gasteiger charge is -2.51. The van der Waals surface area contributed by atoms with E-state index in [-0.39, 0.29) is 0 Å². The molecule has 0 N–H and O–H groups in total. The van der Waals surface area contributed by atoms with Crippen LogP contribution in [0.5, 0.6) is 11.5 Å². The fraction of sp³-hybridized carbons (Fsp3) is 0.208. The summed E-state index contributed by atoms with van der Waals surface area (Å²) in [6.45, 7) is 0. The summed E-state index contributed by atoms with van der Waals surface area (Å²) in [6.07, 6.45) is 5.84. The Kier molecular flexibility index (Phi) is 5.78. The summed E-state index contributed by atoms with van der Waals surface area (Å²) in [4.78, 5) is 2.51. The molecular formula is C53H39NOS. The average molecular weight is 738 g/mol. The summed E-state index contributed by atoms with van der Waals surface area (Å²) in [5.74, 6) is 6.80. The first-order valence-corrected chi connectivity index (χ1v) is 21.4. The zero-order chi connectivity index (χ0) is 36.3. The molecule has 3 heteroatoms. The van der Waals surface area contributed by atoms with E-state index in [4.69, 9.17) is 4.74 Å². The molecule has 4 saturated carbocycles. The van der Waals surface area contributed by atoms with Crippen molar-refractivity contribution in [2.45, 2.75) is 36.5 Å². The van der Waals surface area contributed by atoms with E-state index in [1.165, 1.54) is 96.3 Å². The van der Waals surface area contributed by atoms with Crippen molar-refractivity contribution in [3.8, 4) is 22.6 Å². The van der Waals surface area contributed by atoms with E-state index in [1.807, 2.05) is 11.3 Å². The number of hydrogen-bond acceptors (Lipinski definition) is 3. The van der Waals surface area contributed by atoms with Gasteiger partial charge in [0, 0.05) is 48.4 Å². The molecule has 0 saturated heterocycles. The maximum Gasteiger partial charge on any atom is 0.132 e. The summed E-state index contributed by atoms with van der Waals surface area (Å²) in [6, 6.07) is 59.5. The van der Waals surface area contributed by atoms with Gasteiger partial charge in [-0.05, 0) is 149 Å². The minimum atomic E-state index is -0.475. The maximum absolute atomic E-state index is 6.61. The molecule has 8 aromatic rings. The highest BCUT2D eigenvalue weighted by Crippen LogP contribution is 2.78. The van der Waals surface area contributed by atoms with E-state index in [9.17, 15) is 0 Å². The Bertz CT molecular complexity index is 2930. The number of anilines is 3. The normalized spacial score (nSPS) is 26.1. The smallest absolute Gasteiger partial charge is 0.132 e. The fourth-order valence-electron chi connectivity index (χ4n) is 13.6. The number of thiophene rings is 1. The summed E-state index contributed by atoms with van der Waals surface area (Å²) in [7, 11) is 0. The van der Waals surface area contributed by atoms with Crippen LogP contribution in [0.3, 0.4) is 0 Å². The third-order valence-electron chi connectivity index (χ3n) is 15.5. The van der Waals surface area contributed by atoms with Crippen molar-refractivity contribution in [2.24, 2.45) is 29.6 Å². The van der Waals surface area contributed by atoms with E-state index >= 15 is 0 Å². The first-order chi connectivity index (χ1) is 27.7. The van der Waals surface area contributed by atoms with Crippen LogP contribution in [0.1, 0.15) is 53.5 Å².